The molecule has 0 radical (unpaired) electrons. The number of carbonyl (C=O) groups is 1. The van der Waals surface area contributed by atoms with E-state index < -0.39 is 29.1 Å². The van der Waals surface area contributed by atoms with Gasteiger partial charge in [0.15, 0.2) is 5.75 Å². The highest BCUT2D eigenvalue weighted by molar-refractivity contribution is 7.15. The lowest BCUT2D eigenvalue weighted by Gasteiger charge is -2.18. The van der Waals surface area contributed by atoms with Gasteiger partial charge in [-0.05, 0) is 62.1 Å². The van der Waals surface area contributed by atoms with Crippen LogP contribution in [-0.4, -0.2) is 29.4 Å². The zero-order valence-electron chi connectivity index (χ0n) is 19.6. The number of fused-ring (bicyclic) bond motifs is 2. The van der Waals surface area contributed by atoms with Crippen LogP contribution in [-0.2, 0) is 11.2 Å². The highest BCUT2D eigenvalue weighted by Crippen LogP contribution is 2.45. The number of aliphatic hydroxyl groups is 1. The van der Waals surface area contributed by atoms with Crippen molar-refractivity contribution >= 4 is 28.2 Å². The number of aryl methyl sites for hydroxylation is 1. The number of methoxy groups -OCH3 is 1. The van der Waals surface area contributed by atoms with Crippen LogP contribution in [0.25, 0.3) is 27.0 Å². The molecule has 0 saturated heterocycles. The fourth-order valence-electron chi connectivity index (χ4n) is 4.68. The van der Waals surface area contributed by atoms with E-state index in [4.69, 9.17) is 9.47 Å². The van der Waals surface area contributed by atoms with Gasteiger partial charge in [-0.2, -0.15) is 0 Å². The summed E-state index contributed by atoms with van der Waals surface area (Å²) in [6.07, 6.45) is 3.11. The largest absolute Gasteiger partial charge is 0.494 e. The molecule has 0 amide bonds. The Morgan fingerprint density at radius 1 is 1.22 bits per heavy atom. The Bertz CT molecular complexity index is 1560. The molecular formula is C27H23F2NO5S. The van der Waals surface area contributed by atoms with Crippen molar-refractivity contribution in [3.05, 3.63) is 80.5 Å². The Morgan fingerprint density at radius 3 is 2.72 bits per heavy atom. The molecule has 9 heteroatoms. The Morgan fingerprint density at radius 2 is 2.03 bits per heavy atom. The van der Waals surface area contributed by atoms with Gasteiger partial charge in [-0.15, -0.1) is 11.3 Å². The van der Waals surface area contributed by atoms with Gasteiger partial charge in [-0.3, -0.25) is 4.79 Å². The zero-order chi connectivity index (χ0) is 25.6. The third-order valence-electron chi connectivity index (χ3n) is 6.32. The maximum absolute atomic E-state index is 15.0. The van der Waals surface area contributed by atoms with Crippen molar-refractivity contribution in [1.82, 2.24) is 4.57 Å². The topological polar surface area (TPSA) is 77.8 Å². The molecule has 0 aliphatic heterocycles. The molecule has 1 atom stereocenters. The van der Waals surface area contributed by atoms with Gasteiger partial charge in [0, 0.05) is 27.6 Å². The van der Waals surface area contributed by atoms with Gasteiger partial charge in [-0.1, -0.05) is 0 Å². The standard InChI is InChI=1S/C27H23F2NO5S/c1-3-35-27(33)18-13-30(20-10-7-15(28)12-19(20)29)23-17(24(18)32)9-8-16(25(23)34-2)22-11-14-5-4-6-21(31)26(14)36-22/h7-13,21,31H,3-6H2,1-2H3. The number of pyridine rings is 1. The van der Waals surface area contributed by atoms with E-state index in [0.717, 1.165) is 40.3 Å². The molecule has 4 aromatic rings. The van der Waals surface area contributed by atoms with E-state index in [-0.39, 0.29) is 34.5 Å². The van der Waals surface area contributed by atoms with Crippen LogP contribution < -0.4 is 10.2 Å². The number of aromatic nitrogens is 1. The van der Waals surface area contributed by atoms with Crippen molar-refractivity contribution in [1.29, 1.82) is 0 Å². The Kier molecular flexibility index (Phi) is 6.36. The third-order valence-corrected chi connectivity index (χ3v) is 7.63. The summed E-state index contributed by atoms with van der Waals surface area (Å²) in [4.78, 5) is 27.6. The predicted molar refractivity (Wildman–Crippen MR) is 133 cm³/mol. The van der Waals surface area contributed by atoms with E-state index in [1.54, 1.807) is 19.1 Å². The molecule has 5 rings (SSSR count). The first-order chi connectivity index (χ1) is 17.3. The molecule has 2 heterocycles. The molecule has 1 N–H and O–H groups in total. The summed E-state index contributed by atoms with van der Waals surface area (Å²) in [7, 11) is 1.44. The number of thiophene rings is 1. The maximum Gasteiger partial charge on any atom is 0.343 e. The van der Waals surface area contributed by atoms with Crippen LogP contribution in [0.15, 0.2) is 47.4 Å². The van der Waals surface area contributed by atoms with Crippen molar-refractivity contribution in [2.75, 3.05) is 13.7 Å². The van der Waals surface area contributed by atoms with Crippen LogP contribution in [0.4, 0.5) is 8.78 Å². The van der Waals surface area contributed by atoms with Gasteiger partial charge >= 0.3 is 5.97 Å². The number of hydrogen-bond donors (Lipinski definition) is 1. The lowest BCUT2D eigenvalue weighted by Crippen LogP contribution is -2.21. The summed E-state index contributed by atoms with van der Waals surface area (Å²) in [5.74, 6) is -2.19. The summed E-state index contributed by atoms with van der Waals surface area (Å²) in [5, 5.41) is 10.6. The molecule has 1 unspecified atom stereocenters. The summed E-state index contributed by atoms with van der Waals surface area (Å²) in [6, 6.07) is 8.33. The van der Waals surface area contributed by atoms with Crippen LogP contribution in [0, 0.1) is 11.6 Å². The number of aliphatic hydroxyl groups excluding tert-OH is 1. The molecule has 1 aliphatic carbocycles. The summed E-state index contributed by atoms with van der Waals surface area (Å²) >= 11 is 1.45. The van der Waals surface area contributed by atoms with Crippen molar-refractivity contribution in [2.24, 2.45) is 0 Å². The number of benzene rings is 2. The molecule has 0 bridgehead atoms. The molecule has 2 aromatic carbocycles. The van der Waals surface area contributed by atoms with E-state index in [2.05, 4.69) is 0 Å². The number of halogens is 2. The SMILES string of the molecule is CCOC(=O)c1cn(-c2ccc(F)cc2F)c2c(OC)c(-c3cc4c(s3)C(O)CCC4)ccc2c1=O. The average Bonchev–Trinajstić information content (AvgIpc) is 3.30. The zero-order valence-corrected chi connectivity index (χ0v) is 20.5. The second kappa shape index (κ2) is 9.48. The van der Waals surface area contributed by atoms with Crippen molar-refractivity contribution in [3.8, 4) is 21.9 Å². The molecule has 2 aromatic heterocycles. The second-order valence-corrected chi connectivity index (χ2v) is 9.59. The normalized spacial score (nSPS) is 15.1. The monoisotopic (exact) mass is 511 g/mol. The second-order valence-electron chi connectivity index (χ2n) is 8.51. The molecule has 6 nitrogen and oxygen atoms in total. The highest BCUT2D eigenvalue weighted by atomic mass is 32.1. The van der Waals surface area contributed by atoms with Crippen LogP contribution in [0.5, 0.6) is 5.75 Å². The Labute approximate surface area is 209 Å². The maximum atomic E-state index is 15.0. The summed E-state index contributed by atoms with van der Waals surface area (Å²) in [6.45, 7) is 1.67. The van der Waals surface area contributed by atoms with Gasteiger partial charge in [0.25, 0.3) is 0 Å². The minimum absolute atomic E-state index is 0.0539. The van der Waals surface area contributed by atoms with Crippen LogP contribution in [0.2, 0.25) is 0 Å². The number of carbonyl (C=O) groups excluding carboxylic acids is 1. The van der Waals surface area contributed by atoms with Crippen molar-refractivity contribution < 1.29 is 28.2 Å². The average molecular weight is 512 g/mol. The van der Waals surface area contributed by atoms with Gasteiger partial charge < -0.3 is 19.1 Å². The number of rotatable bonds is 5. The lowest BCUT2D eigenvalue weighted by molar-refractivity contribution is 0.0524. The Hall–Kier alpha value is -3.56. The van der Waals surface area contributed by atoms with Crippen LogP contribution >= 0.6 is 11.3 Å². The number of hydrogen-bond acceptors (Lipinski definition) is 6. The fraction of sp³-hybridized carbons (Fsp3) is 0.259. The molecule has 0 spiro atoms. The van der Waals surface area contributed by atoms with Crippen LogP contribution in [0.3, 0.4) is 0 Å². The smallest absolute Gasteiger partial charge is 0.343 e. The molecule has 36 heavy (non-hydrogen) atoms. The molecule has 0 saturated carbocycles. The van der Waals surface area contributed by atoms with E-state index >= 15 is 0 Å². The molecular weight excluding hydrogens is 488 g/mol. The van der Waals surface area contributed by atoms with E-state index in [1.807, 2.05) is 6.07 Å². The fourth-order valence-corrected chi connectivity index (χ4v) is 5.94. The molecule has 1 aliphatic rings. The van der Waals surface area contributed by atoms with Crippen LogP contribution in [0.1, 0.15) is 46.7 Å². The first kappa shape index (κ1) is 24.1. The van der Waals surface area contributed by atoms with Gasteiger partial charge in [0.1, 0.15) is 22.7 Å². The van der Waals surface area contributed by atoms with Crippen molar-refractivity contribution in [3.63, 3.8) is 0 Å². The van der Waals surface area contributed by atoms with E-state index in [1.165, 1.54) is 35.3 Å². The quantitative estimate of drug-likeness (QED) is 0.356. The lowest BCUT2D eigenvalue weighted by atomic mass is 9.96. The summed E-state index contributed by atoms with van der Waals surface area (Å²) < 4.78 is 40.8. The third kappa shape index (κ3) is 3.98. The Balaban J connectivity index is 1.84. The predicted octanol–water partition coefficient (Wildman–Crippen LogP) is 5.55. The van der Waals surface area contributed by atoms with E-state index in [9.17, 15) is 23.5 Å². The number of ether oxygens (including phenoxy) is 2. The van der Waals surface area contributed by atoms with E-state index in [0.29, 0.717) is 12.0 Å². The molecule has 0 fully saturated rings. The van der Waals surface area contributed by atoms with Crippen molar-refractivity contribution in [2.45, 2.75) is 32.3 Å². The number of nitrogens with zero attached hydrogens (tertiary/aromatic N) is 1. The molecule has 186 valence electrons. The minimum Gasteiger partial charge on any atom is -0.494 e. The van der Waals surface area contributed by atoms with Gasteiger partial charge in [0.05, 0.1) is 30.9 Å². The highest BCUT2D eigenvalue weighted by Gasteiger charge is 2.26. The summed E-state index contributed by atoms with van der Waals surface area (Å²) in [5.41, 5.74) is 1.01. The minimum atomic E-state index is -0.878. The first-order valence-electron chi connectivity index (χ1n) is 11.5. The van der Waals surface area contributed by atoms with Gasteiger partial charge in [0.2, 0.25) is 5.43 Å². The number of esters is 1. The van der Waals surface area contributed by atoms with Gasteiger partial charge in [-0.25, -0.2) is 13.6 Å². The first-order valence-corrected chi connectivity index (χ1v) is 12.4.